The lowest BCUT2D eigenvalue weighted by Crippen LogP contribution is -2.32. The van der Waals surface area contributed by atoms with Crippen LogP contribution in [0.5, 0.6) is 0 Å². The van der Waals surface area contributed by atoms with E-state index in [0.717, 1.165) is 25.7 Å². The van der Waals surface area contributed by atoms with Crippen LogP contribution < -0.4 is 0 Å². The van der Waals surface area contributed by atoms with Crippen LogP contribution in [0.3, 0.4) is 0 Å². The van der Waals surface area contributed by atoms with Crippen LogP contribution in [-0.2, 0) is 14.3 Å². The van der Waals surface area contributed by atoms with Crippen molar-refractivity contribution in [2.45, 2.75) is 25.7 Å². The molecule has 0 heterocycles. The van der Waals surface area contributed by atoms with Gasteiger partial charge in [-0.05, 0) is 12.8 Å². The summed E-state index contributed by atoms with van der Waals surface area (Å²) in [6, 6.07) is 0. The minimum Gasteiger partial charge on any atom is -0.469 e. The predicted molar refractivity (Wildman–Crippen MR) is 45.9 cm³/mol. The van der Waals surface area contributed by atoms with Gasteiger partial charge in [0.1, 0.15) is 0 Å². The molecule has 13 heavy (non-hydrogen) atoms. The molecule has 1 saturated carbocycles. The summed E-state index contributed by atoms with van der Waals surface area (Å²) in [7, 11) is 1.37. The van der Waals surface area contributed by atoms with Gasteiger partial charge in [-0.2, -0.15) is 0 Å². The van der Waals surface area contributed by atoms with Crippen molar-refractivity contribution in [1.82, 2.24) is 0 Å². The van der Waals surface area contributed by atoms with Gasteiger partial charge in [-0.15, -0.1) is 0 Å². The molecule has 0 atom stereocenters. The van der Waals surface area contributed by atoms with Crippen LogP contribution in [0.4, 0.5) is 0 Å². The van der Waals surface area contributed by atoms with Gasteiger partial charge in [0.25, 0.3) is 0 Å². The Balaban J connectivity index is 2.73. The van der Waals surface area contributed by atoms with Gasteiger partial charge in [0.15, 0.2) is 0 Å². The number of hydrogen-bond acceptors (Lipinski definition) is 4. The molecule has 1 fully saturated rings. The number of aliphatic imine (C=N–C) groups is 1. The number of ether oxygens (including phenoxy) is 1. The van der Waals surface area contributed by atoms with Crippen LogP contribution in [0, 0.1) is 5.41 Å². The van der Waals surface area contributed by atoms with E-state index in [0.29, 0.717) is 0 Å². The van der Waals surface area contributed by atoms with Crippen LogP contribution in [0.15, 0.2) is 4.99 Å². The third kappa shape index (κ3) is 1.95. The fraction of sp³-hybridized carbons (Fsp3) is 0.778. The maximum atomic E-state index is 11.4. The van der Waals surface area contributed by atoms with E-state index in [2.05, 4.69) is 4.99 Å². The zero-order valence-corrected chi connectivity index (χ0v) is 7.71. The van der Waals surface area contributed by atoms with Gasteiger partial charge >= 0.3 is 5.97 Å². The van der Waals surface area contributed by atoms with Crippen LogP contribution in [0.1, 0.15) is 25.7 Å². The number of esters is 1. The third-order valence-electron chi connectivity index (χ3n) is 2.63. The van der Waals surface area contributed by atoms with Gasteiger partial charge in [0, 0.05) is 0 Å². The van der Waals surface area contributed by atoms with Crippen LogP contribution >= 0.6 is 0 Å². The summed E-state index contributed by atoms with van der Waals surface area (Å²) in [4.78, 5) is 24.9. The van der Waals surface area contributed by atoms with Gasteiger partial charge in [-0.25, -0.2) is 9.79 Å². The monoisotopic (exact) mass is 183 g/mol. The molecule has 4 heteroatoms. The number of nitrogens with zero attached hydrogens (tertiary/aromatic N) is 1. The number of isocyanates is 1. The maximum absolute atomic E-state index is 11.4. The summed E-state index contributed by atoms with van der Waals surface area (Å²) in [5.41, 5.74) is -0.536. The van der Waals surface area contributed by atoms with Gasteiger partial charge in [0.05, 0.1) is 19.1 Å². The number of hydrogen-bond donors (Lipinski definition) is 0. The molecule has 4 nitrogen and oxygen atoms in total. The summed E-state index contributed by atoms with van der Waals surface area (Å²) < 4.78 is 4.71. The molecule has 1 rings (SSSR count). The lowest BCUT2D eigenvalue weighted by molar-refractivity contribution is -0.151. The summed E-state index contributed by atoms with van der Waals surface area (Å²) in [5, 5.41) is 0. The maximum Gasteiger partial charge on any atom is 0.313 e. The molecule has 0 radical (unpaired) electrons. The van der Waals surface area contributed by atoms with Crippen molar-refractivity contribution in [1.29, 1.82) is 0 Å². The summed E-state index contributed by atoms with van der Waals surface area (Å²) in [5.74, 6) is -0.246. The Morgan fingerprint density at radius 1 is 1.54 bits per heavy atom. The number of carbonyl (C=O) groups is 1. The van der Waals surface area contributed by atoms with Crippen LogP contribution in [0.2, 0.25) is 0 Å². The molecule has 0 spiro atoms. The highest BCUT2D eigenvalue weighted by molar-refractivity contribution is 5.77. The minimum atomic E-state index is -0.536. The summed E-state index contributed by atoms with van der Waals surface area (Å²) in [6.45, 7) is 0.225. The van der Waals surface area contributed by atoms with Crippen LogP contribution in [0.25, 0.3) is 0 Å². The molecule has 72 valence electrons. The van der Waals surface area contributed by atoms with Crippen molar-refractivity contribution in [3.63, 3.8) is 0 Å². The highest BCUT2D eigenvalue weighted by atomic mass is 16.5. The molecule has 0 aromatic rings. The first-order valence-electron chi connectivity index (χ1n) is 4.37. The fourth-order valence-electron chi connectivity index (χ4n) is 1.88. The largest absolute Gasteiger partial charge is 0.469 e. The minimum absolute atomic E-state index is 0.225. The Kier molecular flexibility index (Phi) is 3.20. The molecular weight excluding hydrogens is 170 g/mol. The molecule has 0 bridgehead atoms. The smallest absolute Gasteiger partial charge is 0.313 e. The lowest BCUT2D eigenvalue weighted by atomic mass is 9.86. The highest BCUT2D eigenvalue weighted by Crippen LogP contribution is 2.39. The van der Waals surface area contributed by atoms with E-state index in [9.17, 15) is 9.59 Å². The Labute approximate surface area is 77.0 Å². The summed E-state index contributed by atoms with van der Waals surface area (Å²) >= 11 is 0. The molecule has 1 aliphatic rings. The van der Waals surface area contributed by atoms with Gasteiger partial charge < -0.3 is 4.74 Å². The fourth-order valence-corrected chi connectivity index (χ4v) is 1.88. The molecule has 0 amide bonds. The first-order valence-corrected chi connectivity index (χ1v) is 4.37. The van der Waals surface area contributed by atoms with Crippen molar-refractivity contribution in [3.05, 3.63) is 0 Å². The highest BCUT2D eigenvalue weighted by Gasteiger charge is 2.42. The average Bonchev–Trinajstić information content (AvgIpc) is 2.63. The van der Waals surface area contributed by atoms with E-state index < -0.39 is 5.41 Å². The standard InChI is InChI=1S/C9H13NO3/c1-13-8(12)9(6-10-7-11)4-2-3-5-9/h2-6H2,1H3. The lowest BCUT2D eigenvalue weighted by Gasteiger charge is -2.22. The molecule has 1 aliphatic carbocycles. The SMILES string of the molecule is COC(=O)C1(CN=C=O)CCCC1. The third-order valence-corrected chi connectivity index (χ3v) is 2.63. The number of rotatable bonds is 3. The van der Waals surface area contributed by atoms with E-state index in [4.69, 9.17) is 4.74 Å². The zero-order valence-electron chi connectivity index (χ0n) is 7.71. The molecule has 0 saturated heterocycles. The Hall–Kier alpha value is -1.15. The predicted octanol–water partition coefficient (Wildman–Crippen LogP) is 1.06. The first kappa shape index (κ1) is 9.93. The van der Waals surface area contributed by atoms with E-state index >= 15 is 0 Å². The molecular formula is C9H13NO3. The second-order valence-corrected chi connectivity index (χ2v) is 3.39. The number of methoxy groups -OCH3 is 1. The summed E-state index contributed by atoms with van der Waals surface area (Å²) in [6.07, 6.45) is 5.01. The molecule has 0 aliphatic heterocycles. The normalized spacial score (nSPS) is 19.2. The van der Waals surface area contributed by atoms with E-state index in [-0.39, 0.29) is 12.5 Å². The second-order valence-electron chi connectivity index (χ2n) is 3.39. The van der Waals surface area contributed by atoms with E-state index in [1.165, 1.54) is 13.2 Å². The second kappa shape index (κ2) is 4.19. The van der Waals surface area contributed by atoms with Gasteiger partial charge in [-0.3, -0.25) is 4.79 Å². The average molecular weight is 183 g/mol. The Morgan fingerprint density at radius 2 is 2.15 bits per heavy atom. The zero-order chi connectivity index (χ0) is 9.73. The molecule has 0 unspecified atom stereocenters. The molecule has 0 N–H and O–H groups in total. The van der Waals surface area contributed by atoms with Crippen molar-refractivity contribution < 1.29 is 14.3 Å². The van der Waals surface area contributed by atoms with Crippen LogP contribution in [-0.4, -0.2) is 25.7 Å². The quantitative estimate of drug-likeness (QED) is 0.373. The van der Waals surface area contributed by atoms with Gasteiger partial charge in [-0.1, -0.05) is 12.8 Å². The molecule has 0 aromatic carbocycles. The topological polar surface area (TPSA) is 55.7 Å². The van der Waals surface area contributed by atoms with E-state index in [1.807, 2.05) is 0 Å². The Bertz CT molecular complexity index is 237. The van der Waals surface area contributed by atoms with Crippen molar-refractivity contribution in [2.75, 3.05) is 13.7 Å². The van der Waals surface area contributed by atoms with Crippen molar-refractivity contribution in [2.24, 2.45) is 10.4 Å². The first-order chi connectivity index (χ1) is 6.25. The van der Waals surface area contributed by atoms with Gasteiger partial charge in [0.2, 0.25) is 6.08 Å². The number of carbonyl (C=O) groups excluding carboxylic acids is 2. The molecule has 0 aromatic heterocycles. The Morgan fingerprint density at radius 3 is 2.62 bits per heavy atom. The van der Waals surface area contributed by atoms with E-state index in [1.54, 1.807) is 0 Å². The van der Waals surface area contributed by atoms with Crippen molar-refractivity contribution >= 4 is 12.0 Å². The van der Waals surface area contributed by atoms with Crippen molar-refractivity contribution in [3.8, 4) is 0 Å².